The summed E-state index contributed by atoms with van der Waals surface area (Å²) in [5, 5.41) is 3.69. The van der Waals surface area contributed by atoms with Crippen molar-refractivity contribution in [2.75, 3.05) is 6.54 Å². The van der Waals surface area contributed by atoms with Crippen LogP contribution in [0.1, 0.15) is 51.0 Å². The summed E-state index contributed by atoms with van der Waals surface area (Å²) in [4.78, 5) is 0. The highest BCUT2D eigenvalue weighted by molar-refractivity contribution is 9.10. The van der Waals surface area contributed by atoms with Crippen LogP contribution in [0.3, 0.4) is 0 Å². The molecule has 0 amide bonds. The Kier molecular flexibility index (Phi) is 5.25. The topological polar surface area (TPSA) is 12.0 Å². The van der Waals surface area contributed by atoms with Crippen molar-refractivity contribution in [3.8, 4) is 0 Å². The molecule has 0 saturated heterocycles. The van der Waals surface area contributed by atoms with E-state index in [9.17, 15) is 0 Å². The van der Waals surface area contributed by atoms with Crippen LogP contribution in [0.25, 0.3) is 0 Å². The smallest absolute Gasteiger partial charge is 0.0178 e. The first-order chi connectivity index (χ1) is 8.69. The van der Waals surface area contributed by atoms with E-state index in [2.05, 4.69) is 59.4 Å². The molecule has 1 saturated carbocycles. The third kappa shape index (κ3) is 4.40. The van der Waals surface area contributed by atoms with Crippen molar-refractivity contribution in [1.82, 2.24) is 5.32 Å². The SMILES string of the molecule is CCC(C)CC(CNC1CC1)c1cccc(Br)c1. The first-order valence-electron chi connectivity index (χ1n) is 7.18. The van der Waals surface area contributed by atoms with Crippen LogP contribution in [0.4, 0.5) is 0 Å². The van der Waals surface area contributed by atoms with Gasteiger partial charge in [-0.1, -0.05) is 48.3 Å². The lowest BCUT2D eigenvalue weighted by atomic mass is 9.88. The van der Waals surface area contributed by atoms with E-state index in [0.717, 1.165) is 18.5 Å². The van der Waals surface area contributed by atoms with Crippen molar-refractivity contribution in [1.29, 1.82) is 0 Å². The van der Waals surface area contributed by atoms with Crippen LogP contribution >= 0.6 is 15.9 Å². The maximum atomic E-state index is 3.69. The average molecular weight is 310 g/mol. The van der Waals surface area contributed by atoms with Crippen LogP contribution in [-0.4, -0.2) is 12.6 Å². The van der Waals surface area contributed by atoms with Gasteiger partial charge in [-0.2, -0.15) is 0 Å². The zero-order chi connectivity index (χ0) is 13.0. The molecule has 1 aliphatic carbocycles. The van der Waals surface area contributed by atoms with Crippen LogP contribution in [0, 0.1) is 5.92 Å². The Balaban J connectivity index is 2.01. The predicted molar refractivity (Wildman–Crippen MR) is 82.0 cm³/mol. The number of nitrogens with one attached hydrogen (secondary N) is 1. The summed E-state index contributed by atoms with van der Waals surface area (Å²) in [6.45, 7) is 5.78. The van der Waals surface area contributed by atoms with Crippen LogP contribution in [0.2, 0.25) is 0 Å². The van der Waals surface area contributed by atoms with E-state index in [0.29, 0.717) is 5.92 Å². The Morgan fingerprint density at radius 1 is 1.39 bits per heavy atom. The average Bonchev–Trinajstić information content (AvgIpc) is 3.18. The van der Waals surface area contributed by atoms with Gasteiger partial charge < -0.3 is 5.32 Å². The van der Waals surface area contributed by atoms with Crippen molar-refractivity contribution in [3.05, 3.63) is 34.3 Å². The molecule has 2 atom stereocenters. The van der Waals surface area contributed by atoms with Crippen molar-refractivity contribution in [2.24, 2.45) is 5.92 Å². The molecule has 2 heteroatoms. The number of hydrogen-bond acceptors (Lipinski definition) is 1. The zero-order valence-electron chi connectivity index (χ0n) is 11.5. The fraction of sp³-hybridized carbons (Fsp3) is 0.625. The third-order valence-electron chi connectivity index (χ3n) is 3.93. The molecule has 100 valence electrons. The molecule has 1 aliphatic rings. The summed E-state index contributed by atoms with van der Waals surface area (Å²) in [7, 11) is 0. The molecular weight excluding hydrogens is 286 g/mol. The van der Waals surface area contributed by atoms with Gasteiger partial charge in [0.25, 0.3) is 0 Å². The molecule has 0 heterocycles. The number of benzene rings is 1. The first kappa shape index (κ1) is 14.1. The van der Waals surface area contributed by atoms with Gasteiger partial charge in [0.05, 0.1) is 0 Å². The van der Waals surface area contributed by atoms with Gasteiger partial charge in [0.2, 0.25) is 0 Å². The van der Waals surface area contributed by atoms with E-state index in [1.165, 1.54) is 35.7 Å². The summed E-state index contributed by atoms with van der Waals surface area (Å²) in [5.41, 5.74) is 1.47. The van der Waals surface area contributed by atoms with Crippen LogP contribution in [-0.2, 0) is 0 Å². The van der Waals surface area contributed by atoms with Crippen LogP contribution in [0.5, 0.6) is 0 Å². The lowest BCUT2D eigenvalue weighted by molar-refractivity contribution is 0.435. The maximum absolute atomic E-state index is 3.69. The monoisotopic (exact) mass is 309 g/mol. The van der Waals surface area contributed by atoms with Gasteiger partial charge in [-0.15, -0.1) is 0 Å². The minimum Gasteiger partial charge on any atom is -0.313 e. The molecule has 0 aliphatic heterocycles. The van der Waals surface area contributed by atoms with E-state index in [1.54, 1.807) is 0 Å². The van der Waals surface area contributed by atoms with E-state index in [-0.39, 0.29) is 0 Å². The van der Waals surface area contributed by atoms with Gasteiger partial charge in [-0.25, -0.2) is 0 Å². The van der Waals surface area contributed by atoms with E-state index >= 15 is 0 Å². The Hall–Kier alpha value is -0.340. The standard InChI is InChI=1S/C16H24BrN/c1-3-12(2)9-14(11-18-16-7-8-16)13-5-4-6-15(17)10-13/h4-6,10,12,14,16,18H,3,7-9,11H2,1-2H3. The Morgan fingerprint density at radius 3 is 2.78 bits per heavy atom. The molecule has 1 aromatic carbocycles. The summed E-state index contributed by atoms with van der Waals surface area (Å²) in [6, 6.07) is 9.61. The molecule has 18 heavy (non-hydrogen) atoms. The summed E-state index contributed by atoms with van der Waals surface area (Å²) >= 11 is 3.59. The largest absolute Gasteiger partial charge is 0.313 e. The van der Waals surface area contributed by atoms with Gasteiger partial charge in [0.15, 0.2) is 0 Å². The van der Waals surface area contributed by atoms with Crippen molar-refractivity contribution in [2.45, 2.75) is 51.5 Å². The number of hydrogen-bond donors (Lipinski definition) is 1. The normalized spacial score (nSPS) is 18.6. The van der Waals surface area contributed by atoms with Crippen molar-refractivity contribution >= 4 is 15.9 Å². The van der Waals surface area contributed by atoms with Gasteiger partial charge in [-0.3, -0.25) is 0 Å². The van der Waals surface area contributed by atoms with Gasteiger partial charge >= 0.3 is 0 Å². The minimum atomic E-state index is 0.651. The molecular formula is C16H24BrN. The molecule has 1 aromatic rings. The quantitative estimate of drug-likeness (QED) is 0.768. The van der Waals surface area contributed by atoms with Crippen molar-refractivity contribution < 1.29 is 0 Å². The van der Waals surface area contributed by atoms with Crippen molar-refractivity contribution in [3.63, 3.8) is 0 Å². The highest BCUT2D eigenvalue weighted by Crippen LogP contribution is 2.28. The second kappa shape index (κ2) is 6.72. The fourth-order valence-corrected chi connectivity index (χ4v) is 2.76. The Labute approximate surface area is 119 Å². The molecule has 0 spiro atoms. The maximum Gasteiger partial charge on any atom is 0.0178 e. The van der Waals surface area contributed by atoms with E-state index < -0.39 is 0 Å². The number of rotatable bonds is 7. The molecule has 1 N–H and O–H groups in total. The van der Waals surface area contributed by atoms with E-state index in [1.807, 2.05) is 0 Å². The highest BCUT2D eigenvalue weighted by atomic mass is 79.9. The lowest BCUT2D eigenvalue weighted by Gasteiger charge is -2.21. The molecule has 1 nitrogen and oxygen atoms in total. The fourth-order valence-electron chi connectivity index (χ4n) is 2.35. The summed E-state index contributed by atoms with van der Waals surface area (Å²) in [6.07, 6.45) is 5.30. The van der Waals surface area contributed by atoms with Gasteiger partial charge in [0, 0.05) is 17.1 Å². The molecule has 2 rings (SSSR count). The molecule has 0 bridgehead atoms. The van der Waals surface area contributed by atoms with E-state index in [4.69, 9.17) is 0 Å². The van der Waals surface area contributed by atoms with Gasteiger partial charge in [-0.05, 0) is 48.8 Å². The second-order valence-corrected chi connectivity index (χ2v) is 6.60. The molecule has 0 radical (unpaired) electrons. The van der Waals surface area contributed by atoms with Gasteiger partial charge in [0.1, 0.15) is 0 Å². The second-order valence-electron chi connectivity index (χ2n) is 5.68. The summed E-state index contributed by atoms with van der Waals surface area (Å²) in [5.74, 6) is 1.45. The highest BCUT2D eigenvalue weighted by Gasteiger charge is 2.23. The zero-order valence-corrected chi connectivity index (χ0v) is 13.0. The lowest BCUT2D eigenvalue weighted by Crippen LogP contribution is -2.24. The third-order valence-corrected chi connectivity index (χ3v) is 4.43. The van der Waals surface area contributed by atoms with Crippen LogP contribution in [0.15, 0.2) is 28.7 Å². The molecule has 1 fully saturated rings. The minimum absolute atomic E-state index is 0.651. The molecule has 2 unspecified atom stereocenters. The summed E-state index contributed by atoms with van der Waals surface area (Å²) < 4.78 is 1.19. The first-order valence-corrected chi connectivity index (χ1v) is 7.97. The predicted octanol–water partition coefficient (Wildman–Crippen LogP) is 4.72. The number of halogens is 1. The van der Waals surface area contributed by atoms with Crippen LogP contribution < -0.4 is 5.32 Å². The molecule has 0 aromatic heterocycles. The Morgan fingerprint density at radius 2 is 2.17 bits per heavy atom. The Bertz CT molecular complexity index is 373.